The van der Waals surface area contributed by atoms with Crippen molar-refractivity contribution in [1.82, 2.24) is 15.5 Å². The molecule has 2 amide bonds. The van der Waals surface area contributed by atoms with E-state index in [2.05, 4.69) is 67.5 Å². The average molecular weight is 412 g/mol. The summed E-state index contributed by atoms with van der Waals surface area (Å²) < 4.78 is 0. The predicted molar refractivity (Wildman–Crippen MR) is 119 cm³/mol. The van der Waals surface area contributed by atoms with Gasteiger partial charge in [0.05, 0.1) is 5.92 Å². The van der Waals surface area contributed by atoms with Crippen LogP contribution in [0.5, 0.6) is 0 Å². The fraction of sp³-hybridized carbons (Fsp3) is 0.680. The molecule has 4 bridgehead atoms. The molecule has 4 fully saturated rings. The van der Waals surface area contributed by atoms with Crippen LogP contribution in [0, 0.1) is 29.6 Å². The number of hydrogen-bond acceptors (Lipinski definition) is 3. The van der Waals surface area contributed by atoms with Crippen molar-refractivity contribution in [1.29, 1.82) is 0 Å². The first-order chi connectivity index (χ1) is 14.3. The molecule has 4 aliphatic rings. The highest BCUT2D eigenvalue weighted by atomic mass is 16.2. The molecule has 3 heterocycles. The molecule has 1 aromatic carbocycles. The molecule has 2 N–H and O–H groups in total. The maximum Gasteiger partial charge on any atom is 0.246 e. The molecular formula is C25H37N3O2. The normalized spacial score (nSPS) is 32.7. The average Bonchev–Trinajstić information content (AvgIpc) is 2.98. The second kappa shape index (κ2) is 8.33. The third-order valence-electron chi connectivity index (χ3n) is 7.36. The van der Waals surface area contributed by atoms with Crippen molar-refractivity contribution in [2.75, 3.05) is 19.6 Å². The summed E-state index contributed by atoms with van der Waals surface area (Å²) in [5.41, 5.74) is 0.450. The number of carbonyl (C=O) groups excluding carboxylic acids is 2. The van der Waals surface area contributed by atoms with E-state index in [-0.39, 0.29) is 35.6 Å². The van der Waals surface area contributed by atoms with E-state index in [0.717, 1.165) is 32.4 Å². The molecule has 5 nitrogen and oxygen atoms in total. The van der Waals surface area contributed by atoms with Gasteiger partial charge in [-0.05, 0) is 42.6 Å². The number of likely N-dealkylation sites (tertiary alicyclic amines) is 1. The van der Waals surface area contributed by atoms with E-state index in [1.165, 1.54) is 5.56 Å². The van der Waals surface area contributed by atoms with Crippen LogP contribution in [0.1, 0.15) is 46.1 Å². The van der Waals surface area contributed by atoms with E-state index < -0.39 is 5.54 Å². The van der Waals surface area contributed by atoms with Gasteiger partial charge in [0.25, 0.3) is 0 Å². The summed E-state index contributed by atoms with van der Waals surface area (Å²) in [6.07, 6.45) is 2.54. The Morgan fingerprint density at radius 3 is 2.60 bits per heavy atom. The molecule has 0 spiro atoms. The molecule has 1 aliphatic carbocycles. The number of carbonyl (C=O) groups is 2. The lowest BCUT2D eigenvalue weighted by Crippen LogP contribution is -2.76. The zero-order valence-corrected chi connectivity index (χ0v) is 18.9. The van der Waals surface area contributed by atoms with Crippen molar-refractivity contribution in [2.45, 2.75) is 58.5 Å². The highest BCUT2D eigenvalue weighted by Gasteiger charge is 2.67. The molecule has 1 saturated carbocycles. The number of nitrogens with zero attached hydrogens (tertiary/aromatic N) is 1. The first kappa shape index (κ1) is 21.4. The SMILES string of the molecule is CC(C)CCNC(=O)[C@]12C[C@@H]3CN(CC(C)C)C([C@H]1Cc1ccccc1)[C@@H]3C(=O)N2. The molecule has 5 rings (SSSR count). The highest BCUT2D eigenvalue weighted by molar-refractivity contribution is 5.96. The van der Waals surface area contributed by atoms with E-state index >= 15 is 0 Å². The Hall–Kier alpha value is -1.88. The standard InChI is InChI=1S/C25H37N3O2/c1-16(2)10-11-26-24(30)25-13-19-15-28(14-17(3)4)22(21(19)23(29)27-25)20(25)12-18-8-6-5-7-9-18/h5-9,16-17,19-22H,10-15H2,1-4H3,(H,26,30)(H,27,29)/t19-,20-,21-,22?,25+/m1/s1. The summed E-state index contributed by atoms with van der Waals surface area (Å²) in [5, 5.41) is 6.42. The van der Waals surface area contributed by atoms with Gasteiger partial charge >= 0.3 is 0 Å². The van der Waals surface area contributed by atoms with Crippen molar-refractivity contribution in [3.05, 3.63) is 35.9 Å². The van der Waals surface area contributed by atoms with Gasteiger partial charge in [0.2, 0.25) is 11.8 Å². The van der Waals surface area contributed by atoms with Crippen molar-refractivity contribution in [2.24, 2.45) is 29.6 Å². The Bertz CT molecular complexity index is 778. The Kier molecular flexibility index (Phi) is 5.93. The maximum atomic E-state index is 13.6. The molecule has 30 heavy (non-hydrogen) atoms. The van der Waals surface area contributed by atoms with Crippen LogP contribution in [0.25, 0.3) is 0 Å². The van der Waals surface area contributed by atoms with E-state index in [4.69, 9.17) is 0 Å². The number of benzene rings is 1. The van der Waals surface area contributed by atoms with Crippen LogP contribution in [0.4, 0.5) is 0 Å². The lowest BCUT2D eigenvalue weighted by atomic mass is 9.57. The van der Waals surface area contributed by atoms with Crippen LogP contribution < -0.4 is 10.6 Å². The van der Waals surface area contributed by atoms with Gasteiger partial charge in [-0.3, -0.25) is 14.5 Å². The van der Waals surface area contributed by atoms with Crippen LogP contribution in [-0.4, -0.2) is 47.9 Å². The zero-order chi connectivity index (χ0) is 21.5. The number of rotatable bonds is 8. The number of hydrogen-bond donors (Lipinski definition) is 2. The molecule has 5 atom stereocenters. The number of amides is 2. The van der Waals surface area contributed by atoms with Gasteiger partial charge in [0.15, 0.2) is 0 Å². The Morgan fingerprint density at radius 1 is 1.20 bits per heavy atom. The van der Waals surface area contributed by atoms with Gasteiger partial charge < -0.3 is 10.6 Å². The van der Waals surface area contributed by atoms with E-state index in [1.807, 2.05) is 6.07 Å². The maximum absolute atomic E-state index is 13.6. The van der Waals surface area contributed by atoms with Crippen LogP contribution >= 0.6 is 0 Å². The molecule has 0 aromatic heterocycles. The van der Waals surface area contributed by atoms with Gasteiger partial charge in [-0.25, -0.2) is 0 Å². The van der Waals surface area contributed by atoms with Crippen LogP contribution in [-0.2, 0) is 16.0 Å². The second-order valence-electron chi connectivity index (χ2n) is 10.5. The molecule has 1 unspecified atom stereocenters. The number of nitrogens with one attached hydrogen (secondary N) is 2. The summed E-state index contributed by atoms with van der Waals surface area (Å²) in [6.45, 7) is 11.4. The third-order valence-corrected chi connectivity index (χ3v) is 7.36. The quantitative estimate of drug-likeness (QED) is 0.692. The Morgan fingerprint density at radius 2 is 1.93 bits per heavy atom. The van der Waals surface area contributed by atoms with Crippen LogP contribution in [0.2, 0.25) is 0 Å². The summed E-state index contributed by atoms with van der Waals surface area (Å²) in [6, 6.07) is 10.6. The number of piperidine rings is 2. The first-order valence-electron chi connectivity index (χ1n) is 11.7. The topological polar surface area (TPSA) is 61.4 Å². The summed E-state index contributed by atoms with van der Waals surface area (Å²) in [7, 11) is 0. The lowest BCUT2D eigenvalue weighted by Gasteiger charge is -2.55. The van der Waals surface area contributed by atoms with Crippen molar-refractivity contribution >= 4 is 11.8 Å². The van der Waals surface area contributed by atoms with E-state index in [1.54, 1.807) is 0 Å². The molecule has 1 aromatic rings. The predicted octanol–water partition coefficient (Wildman–Crippen LogP) is 2.85. The second-order valence-corrected chi connectivity index (χ2v) is 10.5. The Balaban J connectivity index is 1.67. The summed E-state index contributed by atoms with van der Waals surface area (Å²) in [5.74, 6) is 1.59. The third kappa shape index (κ3) is 3.77. The minimum atomic E-state index is -0.792. The smallest absolute Gasteiger partial charge is 0.246 e. The van der Waals surface area contributed by atoms with Crippen molar-refractivity contribution < 1.29 is 9.59 Å². The van der Waals surface area contributed by atoms with Crippen molar-refractivity contribution in [3.8, 4) is 0 Å². The van der Waals surface area contributed by atoms with Gasteiger partial charge in [-0.2, -0.15) is 0 Å². The first-order valence-corrected chi connectivity index (χ1v) is 11.7. The summed E-state index contributed by atoms with van der Waals surface area (Å²) in [4.78, 5) is 29.2. The van der Waals surface area contributed by atoms with Gasteiger partial charge in [-0.1, -0.05) is 58.0 Å². The molecule has 0 radical (unpaired) electrons. The fourth-order valence-corrected chi connectivity index (χ4v) is 6.19. The van der Waals surface area contributed by atoms with Gasteiger partial charge in [-0.15, -0.1) is 0 Å². The molecule has 164 valence electrons. The van der Waals surface area contributed by atoms with Crippen molar-refractivity contribution in [3.63, 3.8) is 0 Å². The number of fused-ring (bicyclic) bond motifs is 1. The van der Waals surface area contributed by atoms with Crippen LogP contribution in [0.15, 0.2) is 30.3 Å². The Labute approximate surface area is 181 Å². The largest absolute Gasteiger partial charge is 0.354 e. The van der Waals surface area contributed by atoms with Crippen LogP contribution in [0.3, 0.4) is 0 Å². The van der Waals surface area contributed by atoms with E-state index in [0.29, 0.717) is 18.4 Å². The molecule has 3 aliphatic heterocycles. The zero-order valence-electron chi connectivity index (χ0n) is 18.9. The minimum absolute atomic E-state index is 0.0165. The lowest BCUT2D eigenvalue weighted by molar-refractivity contribution is -0.154. The van der Waals surface area contributed by atoms with Gasteiger partial charge in [0, 0.05) is 31.6 Å². The summed E-state index contributed by atoms with van der Waals surface area (Å²) >= 11 is 0. The molecular weight excluding hydrogens is 374 g/mol. The highest BCUT2D eigenvalue weighted by Crippen LogP contribution is 2.53. The monoisotopic (exact) mass is 411 g/mol. The fourth-order valence-electron chi connectivity index (χ4n) is 6.19. The minimum Gasteiger partial charge on any atom is -0.354 e. The van der Waals surface area contributed by atoms with Gasteiger partial charge in [0.1, 0.15) is 5.54 Å². The van der Waals surface area contributed by atoms with E-state index in [9.17, 15) is 9.59 Å². The molecule has 5 heteroatoms. The molecule has 3 saturated heterocycles.